The van der Waals surface area contributed by atoms with Crippen LogP contribution in [0.15, 0.2) is 35.5 Å². The molecule has 2 rings (SSSR count). The van der Waals surface area contributed by atoms with Gasteiger partial charge in [-0.2, -0.15) is 5.10 Å². The Bertz CT molecular complexity index is 608. The first-order valence-electron chi connectivity index (χ1n) is 6.81. The molecule has 1 unspecified atom stereocenters. The number of nitro groups is 1. The lowest BCUT2D eigenvalue weighted by molar-refractivity contribution is -0.385. The predicted molar refractivity (Wildman–Crippen MR) is 80.3 cm³/mol. The van der Waals surface area contributed by atoms with Crippen molar-refractivity contribution in [2.45, 2.75) is 26.2 Å². The van der Waals surface area contributed by atoms with Gasteiger partial charge in [-0.3, -0.25) is 14.9 Å². The van der Waals surface area contributed by atoms with E-state index in [0.29, 0.717) is 11.5 Å². The summed E-state index contributed by atoms with van der Waals surface area (Å²) in [7, 11) is 0. The summed E-state index contributed by atoms with van der Waals surface area (Å²) in [5, 5.41) is 14.8. The number of carbonyl (C=O) groups is 1. The molecular formula is C15H17N3O3. The predicted octanol–water partition coefficient (Wildman–Crippen LogP) is 2.98. The van der Waals surface area contributed by atoms with Gasteiger partial charge >= 0.3 is 0 Å². The molecule has 0 fully saturated rings. The maximum atomic E-state index is 11.9. The third-order valence-electron chi connectivity index (χ3n) is 3.43. The van der Waals surface area contributed by atoms with Crippen LogP contribution in [0.4, 0.5) is 5.69 Å². The van der Waals surface area contributed by atoms with E-state index in [1.165, 1.54) is 6.07 Å². The second-order valence-corrected chi connectivity index (χ2v) is 5.02. The smallest absolute Gasteiger partial charge is 0.267 e. The Balaban J connectivity index is 2.00. The summed E-state index contributed by atoms with van der Waals surface area (Å²) in [5.41, 5.74) is 3.10. The summed E-state index contributed by atoms with van der Waals surface area (Å²) in [4.78, 5) is 22.3. The van der Waals surface area contributed by atoms with Crippen molar-refractivity contribution in [1.82, 2.24) is 5.43 Å². The van der Waals surface area contributed by atoms with E-state index in [1.54, 1.807) is 25.3 Å². The van der Waals surface area contributed by atoms with E-state index in [4.69, 9.17) is 0 Å². The number of rotatable bonds is 4. The zero-order valence-corrected chi connectivity index (χ0v) is 11.8. The third-order valence-corrected chi connectivity index (χ3v) is 3.43. The van der Waals surface area contributed by atoms with Gasteiger partial charge in [-0.15, -0.1) is 0 Å². The number of nitro benzene ring substituents is 1. The topological polar surface area (TPSA) is 84.6 Å². The molecule has 0 aliphatic heterocycles. The number of nitrogens with zero attached hydrogens (tertiary/aromatic N) is 2. The van der Waals surface area contributed by atoms with Gasteiger partial charge in [0.05, 0.1) is 4.92 Å². The Morgan fingerprint density at radius 1 is 1.48 bits per heavy atom. The zero-order valence-electron chi connectivity index (χ0n) is 11.8. The highest BCUT2D eigenvalue weighted by Gasteiger charge is 2.14. The van der Waals surface area contributed by atoms with Gasteiger partial charge in [0, 0.05) is 23.4 Å². The van der Waals surface area contributed by atoms with Crippen molar-refractivity contribution < 1.29 is 9.72 Å². The first kappa shape index (κ1) is 14.9. The van der Waals surface area contributed by atoms with Gasteiger partial charge in [0.25, 0.3) is 11.6 Å². The average Bonchev–Trinajstić information content (AvgIpc) is 2.48. The van der Waals surface area contributed by atoms with Gasteiger partial charge in [-0.25, -0.2) is 5.43 Å². The zero-order chi connectivity index (χ0) is 15.2. The van der Waals surface area contributed by atoms with Crippen molar-refractivity contribution in [3.8, 4) is 0 Å². The molecule has 1 atom stereocenters. The summed E-state index contributed by atoms with van der Waals surface area (Å²) >= 11 is 0. The van der Waals surface area contributed by atoms with Crippen molar-refractivity contribution in [3.05, 3.63) is 51.6 Å². The summed E-state index contributed by atoms with van der Waals surface area (Å²) in [6.45, 7) is 1.63. The molecule has 6 nitrogen and oxygen atoms in total. The normalized spacial score (nSPS) is 17.9. The van der Waals surface area contributed by atoms with Crippen LogP contribution in [0.2, 0.25) is 0 Å². The molecule has 110 valence electrons. The number of hydrogen-bond donors (Lipinski definition) is 1. The molecule has 0 heterocycles. The summed E-state index contributed by atoms with van der Waals surface area (Å²) in [6, 6.07) is 4.38. The van der Waals surface area contributed by atoms with E-state index in [1.807, 2.05) is 0 Å². The Labute approximate surface area is 122 Å². The average molecular weight is 287 g/mol. The molecule has 6 heteroatoms. The number of hydrogen-bond acceptors (Lipinski definition) is 4. The monoisotopic (exact) mass is 287 g/mol. The molecule has 1 aromatic carbocycles. The molecule has 0 saturated carbocycles. The second kappa shape index (κ2) is 6.78. The van der Waals surface area contributed by atoms with Crippen molar-refractivity contribution in [2.24, 2.45) is 11.0 Å². The molecule has 1 aliphatic rings. The molecule has 0 bridgehead atoms. The largest absolute Gasteiger partial charge is 0.273 e. The molecule has 1 aliphatic carbocycles. The van der Waals surface area contributed by atoms with Crippen molar-refractivity contribution in [3.63, 3.8) is 0 Å². The molecule has 0 spiro atoms. The molecule has 1 N–H and O–H groups in total. The molecule has 21 heavy (non-hydrogen) atoms. The Kier molecular flexibility index (Phi) is 4.81. The summed E-state index contributed by atoms with van der Waals surface area (Å²) < 4.78 is 0. The highest BCUT2D eigenvalue weighted by atomic mass is 16.6. The van der Waals surface area contributed by atoms with Crippen molar-refractivity contribution in [2.75, 3.05) is 0 Å². The van der Waals surface area contributed by atoms with Gasteiger partial charge < -0.3 is 0 Å². The van der Waals surface area contributed by atoms with Crippen LogP contribution < -0.4 is 5.43 Å². The first-order chi connectivity index (χ1) is 10.1. The Morgan fingerprint density at radius 2 is 2.29 bits per heavy atom. The van der Waals surface area contributed by atoms with E-state index >= 15 is 0 Å². The van der Waals surface area contributed by atoms with Gasteiger partial charge in [-0.1, -0.05) is 18.2 Å². The molecule has 0 saturated heterocycles. The van der Waals surface area contributed by atoms with Gasteiger partial charge in [0.2, 0.25) is 0 Å². The number of nitrogens with one attached hydrogen (secondary N) is 1. The van der Waals surface area contributed by atoms with E-state index in [0.717, 1.165) is 19.3 Å². The fourth-order valence-corrected chi connectivity index (χ4v) is 2.17. The minimum atomic E-state index is -0.496. The number of carbonyl (C=O) groups excluding carboxylic acids is 1. The Morgan fingerprint density at radius 3 is 2.95 bits per heavy atom. The van der Waals surface area contributed by atoms with Crippen LogP contribution in [0.25, 0.3) is 0 Å². The quantitative estimate of drug-likeness (QED) is 0.400. The van der Waals surface area contributed by atoms with Gasteiger partial charge in [0.1, 0.15) is 0 Å². The van der Waals surface area contributed by atoms with Crippen LogP contribution in [0, 0.1) is 23.0 Å². The van der Waals surface area contributed by atoms with Crippen LogP contribution in [0.5, 0.6) is 0 Å². The van der Waals surface area contributed by atoms with Crippen LogP contribution in [0.3, 0.4) is 0 Å². The maximum absolute atomic E-state index is 11.9. The van der Waals surface area contributed by atoms with Crippen LogP contribution in [0.1, 0.15) is 35.2 Å². The van der Waals surface area contributed by atoms with E-state index in [-0.39, 0.29) is 11.3 Å². The molecule has 0 radical (unpaired) electrons. The number of benzene rings is 1. The van der Waals surface area contributed by atoms with E-state index < -0.39 is 10.8 Å². The van der Waals surface area contributed by atoms with Crippen LogP contribution in [-0.2, 0) is 0 Å². The maximum Gasteiger partial charge on any atom is 0.273 e. The fourth-order valence-electron chi connectivity index (χ4n) is 2.17. The minimum absolute atomic E-state index is 0.0657. The Hall–Kier alpha value is -2.50. The number of allylic oxidation sites excluding steroid dienone is 2. The minimum Gasteiger partial charge on any atom is -0.267 e. The van der Waals surface area contributed by atoms with Gasteiger partial charge in [0.15, 0.2) is 0 Å². The second-order valence-electron chi connectivity index (χ2n) is 5.02. The SMILES string of the molecule is Cc1ccc(C(=O)N/N=C/C2CC=CCC2)cc1[N+](=O)[O-]. The van der Waals surface area contributed by atoms with Gasteiger partial charge in [-0.05, 0) is 38.2 Å². The molecule has 1 amide bonds. The van der Waals surface area contributed by atoms with Crippen LogP contribution >= 0.6 is 0 Å². The van der Waals surface area contributed by atoms with Crippen molar-refractivity contribution in [1.29, 1.82) is 0 Å². The van der Waals surface area contributed by atoms with Crippen molar-refractivity contribution >= 4 is 17.8 Å². The number of hydrazone groups is 1. The fraction of sp³-hybridized carbons (Fsp3) is 0.333. The summed E-state index contributed by atoms with van der Waals surface area (Å²) in [6.07, 6.45) is 8.93. The molecule has 0 aromatic heterocycles. The van der Waals surface area contributed by atoms with E-state index in [2.05, 4.69) is 22.7 Å². The molecule has 1 aromatic rings. The lowest BCUT2D eigenvalue weighted by Gasteiger charge is -2.11. The highest BCUT2D eigenvalue weighted by Crippen LogP contribution is 2.19. The lowest BCUT2D eigenvalue weighted by atomic mass is 9.96. The lowest BCUT2D eigenvalue weighted by Crippen LogP contribution is -2.19. The number of amides is 1. The molecular weight excluding hydrogens is 270 g/mol. The number of aryl methyl sites for hydroxylation is 1. The highest BCUT2D eigenvalue weighted by molar-refractivity contribution is 5.95. The third kappa shape index (κ3) is 3.98. The first-order valence-corrected chi connectivity index (χ1v) is 6.81. The standard InChI is InChI=1S/C15H17N3O3/c1-11-7-8-13(9-14(11)18(20)21)15(19)17-16-10-12-5-3-2-4-6-12/h2-3,7-10,12H,4-6H2,1H3,(H,17,19)/b16-10+. The van der Waals surface area contributed by atoms with Crippen LogP contribution in [-0.4, -0.2) is 17.0 Å². The summed E-state index contributed by atoms with van der Waals surface area (Å²) in [5.74, 6) is -0.108. The van der Waals surface area contributed by atoms with E-state index in [9.17, 15) is 14.9 Å².